The number of nitrogens with one attached hydrogen (secondary N) is 1. The molecule has 2 atom stereocenters. The molecule has 2 fully saturated rings. The molecule has 2 unspecified atom stereocenters. The molecule has 282 valence electrons. The number of hydrogen-bond donors (Lipinski definition) is 2. The lowest BCUT2D eigenvalue weighted by molar-refractivity contribution is -0.136. The van der Waals surface area contributed by atoms with Crippen LogP contribution in [0.2, 0.25) is 0 Å². The number of aldehydes is 1. The van der Waals surface area contributed by atoms with Gasteiger partial charge in [-0.3, -0.25) is 44.1 Å². The van der Waals surface area contributed by atoms with E-state index in [0.717, 1.165) is 43.2 Å². The van der Waals surface area contributed by atoms with E-state index in [1.54, 1.807) is 0 Å². The Morgan fingerprint density at radius 1 is 0.962 bits per heavy atom. The number of carbonyl (C=O) groups is 6. The predicted molar refractivity (Wildman–Crippen MR) is 192 cm³/mol. The Bertz CT molecular complexity index is 1720. The second kappa shape index (κ2) is 19.0. The van der Waals surface area contributed by atoms with Gasteiger partial charge in [0.1, 0.15) is 24.2 Å². The molecule has 2 saturated heterocycles. The van der Waals surface area contributed by atoms with Gasteiger partial charge < -0.3 is 24.2 Å². The maximum atomic E-state index is 13.1. The zero-order valence-electron chi connectivity index (χ0n) is 29.7. The smallest absolute Gasteiger partial charge is 0.511 e. The third kappa shape index (κ3) is 10.7. The molecular formula is C38H45N5O10. The van der Waals surface area contributed by atoms with E-state index in [1.807, 2.05) is 30.3 Å². The highest BCUT2D eigenvalue weighted by molar-refractivity contribution is 6.14. The number of ether oxygens (including phenoxy) is 3. The molecule has 0 spiro atoms. The molecule has 0 aromatic heterocycles. The molecule has 2 N–H and O–H groups in total. The van der Waals surface area contributed by atoms with Crippen LogP contribution >= 0.6 is 0 Å². The van der Waals surface area contributed by atoms with Crippen LogP contribution in [0.15, 0.2) is 64.9 Å². The van der Waals surface area contributed by atoms with Gasteiger partial charge in [-0.15, -0.1) is 0 Å². The molecule has 0 radical (unpaired) electrons. The zero-order valence-corrected chi connectivity index (χ0v) is 29.7. The molecule has 15 heteroatoms. The number of amides is 3. The van der Waals surface area contributed by atoms with Crippen LogP contribution in [0.25, 0.3) is 0 Å². The highest BCUT2D eigenvalue weighted by Crippen LogP contribution is 2.33. The van der Waals surface area contributed by atoms with E-state index >= 15 is 0 Å². The van der Waals surface area contributed by atoms with Crippen LogP contribution in [-0.2, 0) is 23.9 Å². The molecule has 2 heterocycles. The molecule has 15 nitrogen and oxygen atoms in total. The molecule has 5 rings (SSSR count). The van der Waals surface area contributed by atoms with Crippen molar-refractivity contribution in [2.24, 2.45) is 4.99 Å². The Morgan fingerprint density at radius 2 is 1.70 bits per heavy atom. The summed E-state index contributed by atoms with van der Waals surface area (Å²) in [5.74, 6) is -1.84. The average Bonchev–Trinajstić information content (AvgIpc) is 3.15. The number of rotatable bonds is 15. The van der Waals surface area contributed by atoms with E-state index in [2.05, 4.69) is 20.1 Å². The maximum Gasteiger partial charge on any atom is 0.513 e. The standard InChI is InChI=1S/C38H45N5O10/c1-41(31-10-11-35(47)40-36(31)48)37(49)28-8-5-9-34(30(28)25-44)53-38(50)52-21-20-51-19-18-43-16-14-42(15-17-43)13-12-39-24-29-32(45)22-27(23-33(29)46)26-6-3-2-4-7-26/h2-9,24-25,27,31,45H,10-23H2,1H3,(H,40,47,48). The maximum absolute atomic E-state index is 13.1. The van der Waals surface area contributed by atoms with Crippen molar-refractivity contribution in [1.82, 2.24) is 20.0 Å². The summed E-state index contributed by atoms with van der Waals surface area (Å²) in [4.78, 5) is 83.9. The van der Waals surface area contributed by atoms with Crippen molar-refractivity contribution in [3.8, 4) is 5.75 Å². The quantitative estimate of drug-likeness (QED) is 0.0683. The third-order valence-electron chi connectivity index (χ3n) is 9.59. The molecule has 3 amide bonds. The van der Waals surface area contributed by atoms with Crippen molar-refractivity contribution < 1.29 is 48.1 Å². The Morgan fingerprint density at radius 3 is 2.40 bits per heavy atom. The van der Waals surface area contributed by atoms with Crippen molar-refractivity contribution in [2.45, 2.75) is 37.6 Å². The second-order valence-corrected chi connectivity index (χ2v) is 13.0. The van der Waals surface area contributed by atoms with Crippen LogP contribution in [0.1, 0.15) is 57.9 Å². The van der Waals surface area contributed by atoms with E-state index in [9.17, 15) is 33.9 Å². The van der Waals surface area contributed by atoms with Crippen LogP contribution in [0.5, 0.6) is 5.75 Å². The summed E-state index contributed by atoms with van der Waals surface area (Å²) in [7, 11) is 1.40. The van der Waals surface area contributed by atoms with Crippen LogP contribution in [0.3, 0.4) is 0 Å². The van der Waals surface area contributed by atoms with Gasteiger partial charge in [-0.25, -0.2) is 4.79 Å². The molecule has 2 aromatic carbocycles. The zero-order chi connectivity index (χ0) is 37.7. The molecule has 1 aliphatic carbocycles. The first kappa shape index (κ1) is 39.0. The number of nitrogens with zero attached hydrogens (tertiary/aromatic N) is 4. The second-order valence-electron chi connectivity index (χ2n) is 13.0. The summed E-state index contributed by atoms with van der Waals surface area (Å²) >= 11 is 0. The Hall–Kier alpha value is -5.25. The minimum Gasteiger partial charge on any atom is -0.511 e. The number of likely N-dealkylation sites (N-methyl/N-ethyl adjacent to an activating group) is 1. The third-order valence-corrected chi connectivity index (χ3v) is 9.59. The normalized spacial score (nSPS) is 20.0. The van der Waals surface area contributed by atoms with E-state index < -0.39 is 29.9 Å². The number of Topliss-reactive ketones (excluding diaryl/α,β-unsaturated/α-hetero) is 1. The molecule has 53 heavy (non-hydrogen) atoms. The van der Waals surface area contributed by atoms with Crippen LogP contribution in [-0.4, -0.2) is 141 Å². The number of piperidine rings is 1. The number of benzene rings is 2. The molecule has 2 aliphatic heterocycles. The summed E-state index contributed by atoms with van der Waals surface area (Å²) in [5, 5.41) is 12.7. The number of imide groups is 1. The topological polar surface area (TPSA) is 184 Å². The fraction of sp³-hybridized carbons (Fsp3) is 0.447. The first-order valence-electron chi connectivity index (χ1n) is 17.7. The van der Waals surface area contributed by atoms with Crippen molar-refractivity contribution in [1.29, 1.82) is 0 Å². The van der Waals surface area contributed by atoms with Gasteiger partial charge in [0.2, 0.25) is 11.8 Å². The molecule has 0 saturated carbocycles. The van der Waals surface area contributed by atoms with Crippen molar-refractivity contribution >= 4 is 42.2 Å². The molecular weight excluding hydrogens is 686 g/mol. The number of aliphatic hydroxyl groups excluding tert-OH is 1. The Kier molecular flexibility index (Phi) is 14.0. The molecule has 3 aliphatic rings. The van der Waals surface area contributed by atoms with Gasteiger partial charge in [0.05, 0.1) is 36.5 Å². The highest BCUT2D eigenvalue weighted by atomic mass is 16.7. The number of piperazine rings is 1. The Labute approximate surface area is 307 Å². The SMILES string of the molecule is CN(C(=O)c1cccc(OC(=O)OCCOCCN2CCN(CCN=CC3=C(O)CC(c4ccccc4)CC3=O)CC2)c1C=O)C1CCC(=O)NC1=O. The fourth-order valence-corrected chi connectivity index (χ4v) is 6.53. The first-order valence-corrected chi connectivity index (χ1v) is 17.7. The number of aliphatic imine (C=N–C) groups is 1. The van der Waals surface area contributed by atoms with Crippen molar-refractivity contribution in [2.75, 3.05) is 72.7 Å². The van der Waals surface area contributed by atoms with E-state index in [-0.39, 0.29) is 60.4 Å². The number of ketones is 1. The van der Waals surface area contributed by atoms with Gasteiger partial charge in [-0.2, -0.15) is 0 Å². The summed E-state index contributed by atoms with van der Waals surface area (Å²) in [6.45, 7) is 5.87. The van der Waals surface area contributed by atoms with Gasteiger partial charge in [-0.1, -0.05) is 36.4 Å². The van der Waals surface area contributed by atoms with Crippen molar-refractivity contribution in [3.63, 3.8) is 0 Å². The predicted octanol–water partition coefficient (Wildman–Crippen LogP) is 2.56. The molecule has 2 aromatic rings. The summed E-state index contributed by atoms with van der Waals surface area (Å²) in [6, 6.07) is 13.0. The van der Waals surface area contributed by atoms with E-state index in [0.29, 0.717) is 44.4 Å². The minimum absolute atomic E-state index is 0.0150. The van der Waals surface area contributed by atoms with Gasteiger partial charge in [0.25, 0.3) is 5.91 Å². The van der Waals surface area contributed by atoms with Crippen LogP contribution in [0.4, 0.5) is 4.79 Å². The van der Waals surface area contributed by atoms with Crippen LogP contribution in [0, 0.1) is 0 Å². The number of aliphatic hydroxyl groups is 1. The van der Waals surface area contributed by atoms with Gasteiger partial charge in [-0.05, 0) is 30.0 Å². The molecule has 0 bridgehead atoms. The van der Waals surface area contributed by atoms with Gasteiger partial charge in [0, 0.05) is 71.8 Å². The van der Waals surface area contributed by atoms with Crippen molar-refractivity contribution in [3.05, 3.63) is 76.6 Å². The first-order chi connectivity index (χ1) is 25.6. The highest BCUT2D eigenvalue weighted by Gasteiger charge is 2.34. The average molecular weight is 732 g/mol. The lowest BCUT2D eigenvalue weighted by Gasteiger charge is -2.34. The summed E-state index contributed by atoms with van der Waals surface area (Å²) < 4.78 is 15.9. The van der Waals surface area contributed by atoms with Gasteiger partial charge >= 0.3 is 6.16 Å². The number of hydrogen-bond acceptors (Lipinski definition) is 13. The minimum atomic E-state index is -1.07. The fourth-order valence-electron chi connectivity index (χ4n) is 6.53. The largest absolute Gasteiger partial charge is 0.513 e. The van der Waals surface area contributed by atoms with E-state index in [1.165, 1.54) is 31.5 Å². The lowest BCUT2D eigenvalue weighted by atomic mass is 9.83. The monoisotopic (exact) mass is 731 g/mol. The number of allylic oxidation sites excluding steroid dienone is 2. The Balaban J connectivity index is 0.947. The van der Waals surface area contributed by atoms with Gasteiger partial charge in [0.15, 0.2) is 12.1 Å². The summed E-state index contributed by atoms with van der Waals surface area (Å²) in [6.07, 6.45) is 1.85. The summed E-state index contributed by atoms with van der Waals surface area (Å²) in [5.41, 5.74) is 1.11. The van der Waals surface area contributed by atoms with E-state index in [4.69, 9.17) is 14.2 Å². The number of carbonyl (C=O) groups excluding carboxylic acids is 6. The lowest BCUT2D eigenvalue weighted by Crippen LogP contribution is -2.53. The van der Waals surface area contributed by atoms with Crippen LogP contribution < -0.4 is 10.1 Å².